The number of hydrogen-bond acceptors (Lipinski definition) is 2. The minimum Gasteiger partial charge on any atom is -0.406 e. The maximum Gasteiger partial charge on any atom is 0.573 e. The normalized spacial score (nSPS) is 17.5. The molecule has 1 aliphatic carbocycles. The van der Waals surface area contributed by atoms with Crippen molar-refractivity contribution in [2.75, 3.05) is 5.32 Å². The first kappa shape index (κ1) is 13.1. The van der Waals surface area contributed by atoms with Crippen molar-refractivity contribution in [1.82, 2.24) is 0 Å². The number of alkyl halides is 3. The molecule has 0 amide bonds. The Labute approximate surface area is 104 Å². The fraction of sp³-hybridized carbons (Fsp3) is 0.538. The van der Waals surface area contributed by atoms with Crippen molar-refractivity contribution in [2.45, 2.75) is 44.5 Å². The molecule has 2 nitrogen and oxygen atoms in total. The zero-order valence-corrected chi connectivity index (χ0v) is 9.96. The van der Waals surface area contributed by atoms with Crippen LogP contribution in [0, 0.1) is 0 Å². The molecule has 0 spiro atoms. The van der Waals surface area contributed by atoms with Gasteiger partial charge in [0, 0.05) is 17.8 Å². The molecule has 0 heterocycles. The Kier molecular flexibility index (Phi) is 3.99. The van der Waals surface area contributed by atoms with E-state index in [9.17, 15) is 13.2 Å². The van der Waals surface area contributed by atoms with Crippen molar-refractivity contribution in [3.8, 4) is 5.75 Å². The minimum atomic E-state index is -4.64. The highest BCUT2D eigenvalue weighted by Gasteiger charge is 2.31. The van der Waals surface area contributed by atoms with Gasteiger partial charge in [-0.05, 0) is 25.0 Å². The molecule has 0 aromatic heterocycles. The van der Waals surface area contributed by atoms with Crippen LogP contribution in [0.5, 0.6) is 5.75 Å². The lowest BCUT2D eigenvalue weighted by Crippen LogP contribution is -2.22. The Hall–Kier alpha value is -1.39. The highest BCUT2D eigenvalue weighted by Crippen LogP contribution is 2.27. The zero-order valence-electron chi connectivity index (χ0n) is 9.96. The number of rotatable bonds is 3. The van der Waals surface area contributed by atoms with Crippen LogP contribution < -0.4 is 10.1 Å². The van der Waals surface area contributed by atoms with E-state index in [0.717, 1.165) is 12.8 Å². The molecule has 5 heteroatoms. The number of ether oxygens (including phenoxy) is 1. The lowest BCUT2D eigenvalue weighted by molar-refractivity contribution is -0.274. The minimum absolute atomic E-state index is 0.177. The molecule has 1 N–H and O–H groups in total. The van der Waals surface area contributed by atoms with Gasteiger partial charge in [-0.3, -0.25) is 0 Å². The lowest BCUT2D eigenvalue weighted by atomic mass is 9.95. The SMILES string of the molecule is FC(F)(F)Oc1cccc(NC2CCCCC2)c1. The molecule has 2 rings (SSSR count). The van der Waals surface area contributed by atoms with E-state index < -0.39 is 6.36 Å². The Balaban J connectivity index is 1.98. The molecule has 0 saturated heterocycles. The predicted octanol–water partition coefficient (Wildman–Crippen LogP) is 4.33. The largest absolute Gasteiger partial charge is 0.573 e. The van der Waals surface area contributed by atoms with Crippen LogP contribution >= 0.6 is 0 Å². The van der Waals surface area contributed by atoms with Gasteiger partial charge in [-0.1, -0.05) is 25.3 Å². The van der Waals surface area contributed by atoms with Crippen LogP contribution in [0.25, 0.3) is 0 Å². The van der Waals surface area contributed by atoms with Gasteiger partial charge in [0.25, 0.3) is 0 Å². The first-order valence-electron chi connectivity index (χ1n) is 6.15. The number of halogens is 3. The van der Waals surface area contributed by atoms with Gasteiger partial charge in [-0.25, -0.2) is 0 Å². The number of anilines is 1. The summed E-state index contributed by atoms with van der Waals surface area (Å²) in [5, 5.41) is 3.26. The van der Waals surface area contributed by atoms with E-state index in [0.29, 0.717) is 11.7 Å². The third kappa shape index (κ3) is 4.13. The molecule has 0 radical (unpaired) electrons. The third-order valence-electron chi connectivity index (χ3n) is 3.04. The Bertz CT molecular complexity index is 386. The number of nitrogens with one attached hydrogen (secondary N) is 1. The second kappa shape index (κ2) is 5.50. The quantitative estimate of drug-likeness (QED) is 0.872. The van der Waals surface area contributed by atoms with Crippen molar-refractivity contribution < 1.29 is 17.9 Å². The predicted molar refractivity (Wildman–Crippen MR) is 63.6 cm³/mol. The molecule has 1 aromatic carbocycles. The first-order valence-corrected chi connectivity index (χ1v) is 6.15. The average molecular weight is 259 g/mol. The van der Waals surface area contributed by atoms with Crippen LogP contribution in [0.2, 0.25) is 0 Å². The highest BCUT2D eigenvalue weighted by atomic mass is 19.4. The van der Waals surface area contributed by atoms with Crippen LogP contribution in [-0.4, -0.2) is 12.4 Å². The van der Waals surface area contributed by atoms with E-state index in [1.54, 1.807) is 12.1 Å². The van der Waals surface area contributed by atoms with Crippen molar-refractivity contribution in [3.63, 3.8) is 0 Å². The first-order chi connectivity index (χ1) is 8.53. The second-order valence-electron chi connectivity index (χ2n) is 4.55. The molecule has 1 fully saturated rings. The summed E-state index contributed by atoms with van der Waals surface area (Å²) in [4.78, 5) is 0. The molecule has 0 unspecified atom stereocenters. The molecule has 0 atom stereocenters. The standard InChI is InChI=1S/C13H16F3NO/c14-13(15,16)18-12-8-4-7-11(9-12)17-10-5-2-1-3-6-10/h4,7-10,17H,1-3,5-6H2. The summed E-state index contributed by atoms with van der Waals surface area (Å²) in [7, 11) is 0. The molecule has 1 aromatic rings. The molecular weight excluding hydrogens is 243 g/mol. The summed E-state index contributed by atoms with van der Waals surface area (Å²) in [6.07, 6.45) is 1.11. The summed E-state index contributed by atoms with van der Waals surface area (Å²) in [6, 6.07) is 6.38. The van der Waals surface area contributed by atoms with Gasteiger partial charge in [0.2, 0.25) is 0 Å². The molecule has 0 aliphatic heterocycles. The van der Waals surface area contributed by atoms with Gasteiger partial charge in [-0.15, -0.1) is 13.2 Å². The van der Waals surface area contributed by atoms with E-state index in [1.807, 2.05) is 0 Å². The van der Waals surface area contributed by atoms with Crippen LogP contribution in [0.4, 0.5) is 18.9 Å². The van der Waals surface area contributed by atoms with Crippen LogP contribution in [0.3, 0.4) is 0 Å². The van der Waals surface area contributed by atoms with Gasteiger partial charge < -0.3 is 10.1 Å². The van der Waals surface area contributed by atoms with Gasteiger partial charge in [0.1, 0.15) is 5.75 Å². The Morgan fingerprint density at radius 1 is 1.11 bits per heavy atom. The van der Waals surface area contributed by atoms with Crippen LogP contribution in [0.1, 0.15) is 32.1 Å². The second-order valence-corrected chi connectivity index (χ2v) is 4.55. The van der Waals surface area contributed by atoms with Gasteiger partial charge in [0.05, 0.1) is 0 Å². The molecule has 100 valence electrons. The fourth-order valence-corrected chi connectivity index (χ4v) is 2.27. The maximum absolute atomic E-state index is 12.1. The van der Waals surface area contributed by atoms with Gasteiger partial charge >= 0.3 is 6.36 Å². The van der Waals surface area contributed by atoms with Crippen LogP contribution in [0.15, 0.2) is 24.3 Å². The highest BCUT2D eigenvalue weighted by molar-refractivity contribution is 5.48. The third-order valence-corrected chi connectivity index (χ3v) is 3.04. The monoisotopic (exact) mass is 259 g/mol. The van der Waals surface area contributed by atoms with Crippen molar-refractivity contribution >= 4 is 5.69 Å². The van der Waals surface area contributed by atoms with Crippen LogP contribution in [-0.2, 0) is 0 Å². The van der Waals surface area contributed by atoms with Crippen molar-refractivity contribution in [3.05, 3.63) is 24.3 Å². The number of benzene rings is 1. The topological polar surface area (TPSA) is 21.3 Å². The Morgan fingerprint density at radius 2 is 1.83 bits per heavy atom. The average Bonchev–Trinajstić information content (AvgIpc) is 2.28. The summed E-state index contributed by atoms with van der Waals surface area (Å²) in [6.45, 7) is 0. The van der Waals surface area contributed by atoms with Crippen molar-refractivity contribution in [1.29, 1.82) is 0 Å². The molecule has 1 aliphatic rings. The molecular formula is C13H16F3NO. The number of hydrogen-bond donors (Lipinski definition) is 1. The van der Waals surface area contributed by atoms with Gasteiger partial charge in [0.15, 0.2) is 0 Å². The van der Waals surface area contributed by atoms with Gasteiger partial charge in [-0.2, -0.15) is 0 Å². The molecule has 18 heavy (non-hydrogen) atoms. The van der Waals surface area contributed by atoms with E-state index in [1.165, 1.54) is 31.4 Å². The van der Waals surface area contributed by atoms with E-state index in [-0.39, 0.29) is 5.75 Å². The zero-order chi connectivity index (χ0) is 13.0. The smallest absolute Gasteiger partial charge is 0.406 e. The van der Waals surface area contributed by atoms with E-state index in [2.05, 4.69) is 10.1 Å². The molecule has 0 bridgehead atoms. The molecule has 1 saturated carbocycles. The lowest BCUT2D eigenvalue weighted by Gasteiger charge is -2.24. The summed E-state index contributed by atoms with van der Waals surface area (Å²) in [5.41, 5.74) is 0.684. The maximum atomic E-state index is 12.1. The van der Waals surface area contributed by atoms with E-state index in [4.69, 9.17) is 0 Å². The fourth-order valence-electron chi connectivity index (χ4n) is 2.27. The Morgan fingerprint density at radius 3 is 2.50 bits per heavy atom. The van der Waals surface area contributed by atoms with E-state index >= 15 is 0 Å². The summed E-state index contributed by atoms with van der Waals surface area (Å²) < 4.78 is 40.2. The summed E-state index contributed by atoms with van der Waals surface area (Å²) >= 11 is 0. The van der Waals surface area contributed by atoms with Crippen molar-refractivity contribution in [2.24, 2.45) is 0 Å². The summed E-state index contributed by atoms with van der Waals surface area (Å²) in [5.74, 6) is -0.177.